The molecule has 1 aliphatic rings. The highest BCUT2D eigenvalue weighted by atomic mass is 32.2. The molecule has 0 bridgehead atoms. The van der Waals surface area contributed by atoms with Crippen LogP contribution in [0.4, 0.5) is 0 Å². The van der Waals surface area contributed by atoms with E-state index < -0.39 is 21.5 Å². The molecule has 0 aliphatic heterocycles. The fraction of sp³-hybridized carbons (Fsp3) is 0.545. The molecule has 0 spiro atoms. The molecule has 1 aromatic heterocycles. The zero-order valence-corrected chi connectivity index (χ0v) is 18.8. The van der Waals surface area contributed by atoms with Crippen molar-refractivity contribution in [2.24, 2.45) is 11.8 Å². The molecular weight excluding hydrogens is 404 g/mol. The molecule has 1 aliphatic carbocycles. The molecule has 1 aromatic carbocycles. The molecule has 0 unspecified atom stereocenters. The fourth-order valence-electron chi connectivity index (χ4n) is 3.93. The van der Waals surface area contributed by atoms with Gasteiger partial charge in [0.05, 0.1) is 18.6 Å². The van der Waals surface area contributed by atoms with Crippen molar-refractivity contribution in [3.05, 3.63) is 35.7 Å². The summed E-state index contributed by atoms with van der Waals surface area (Å²) in [5, 5.41) is 2.92. The molecule has 3 rings (SSSR count). The van der Waals surface area contributed by atoms with Gasteiger partial charge in [0.2, 0.25) is 11.8 Å². The van der Waals surface area contributed by atoms with Crippen molar-refractivity contribution >= 4 is 15.7 Å². The summed E-state index contributed by atoms with van der Waals surface area (Å²) in [5.41, 5.74) is 1.01. The normalized spacial score (nSPS) is 21.9. The lowest BCUT2D eigenvalue weighted by Gasteiger charge is -2.34. The van der Waals surface area contributed by atoms with Crippen molar-refractivity contribution in [2.75, 3.05) is 12.9 Å². The number of nitrogens with one attached hydrogen (secondary N) is 1. The third-order valence-electron chi connectivity index (χ3n) is 5.97. The lowest BCUT2D eigenvalue weighted by Crippen LogP contribution is -2.45. The number of nitrogens with zero attached hydrogens (tertiary/aromatic N) is 1. The van der Waals surface area contributed by atoms with Gasteiger partial charge in [-0.05, 0) is 43.4 Å². The molecular formula is C22H30N2O5S. The second-order valence-corrected chi connectivity index (χ2v) is 10.3. The maximum Gasteiger partial charge on any atom is 0.235 e. The van der Waals surface area contributed by atoms with Gasteiger partial charge in [0.15, 0.2) is 9.84 Å². The number of carbonyl (C=O) groups excluding carboxylic acids is 1. The quantitative estimate of drug-likeness (QED) is 0.716. The summed E-state index contributed by atoms with van der Waals surface area (Å²) in [5.74, 6) is 0.928. The average Bonchev–Trinajstić information content (AvgIpc) is 3.04. The Morgan fingerprint density at radius 3 is 2.80 bits per heavy atom. The summed E-state index contributed by atoms with van der Waals surface area (Å²) < 4.78 is 36.1. The average molecular weight is 435 g/mol. The van der Waals surface area contributed by atoms with Crippen LogP contribution in [-0.4, -0.2) is 38.2 Å². The van der Waals surface area contributed by atoms with Crippen molar-refractivity contribution in [3.63, 3.8) is 0 Å². The summed E-state index contributed by atoms with van der Waals surface area (Å²) in [7, 11) is -2.11. The van der Waals surface area contributed by atoms with Gasteiger partial charge in [-0.2, -0.15) is 0 Å². The summed E-state index contributed by atoms with van der Waals surface area (Å²) in [6, 6.07) is 7.22. The molecule has 7 nitrogen and oxygen atoms in total. The molecule has 1 heterocycles. The van der Waals surface area contributed by atoms with Gasteiger partial charge in [0.1, 0.15) is 17.3 Å². The minimum Gasteiger partial charge on any atom is -0.497 e. The number of aryl methyl sites for hydroxylation is 1. The first kappa shape index (κ1) is 22.3. The maximum atomic E-state index is 12.6. The minimum absolute atomic E-state index is 0.0323. The molecule has 1 fully saturated rings. The maximum absolute atomic E-state index is 12.6. The summed E-state index contributed by atoms with van der Waals surface area (Å²) in [4.78, 5) is 16.8. The van der Waals surface area contributed by atoms with Crippen molar-refractivity contribution in [3.8, 4) is 17.2 Å². The first-order valence-corrected chi connectivity index (χ1v) is 12.1. The van der Waals surface area contributed by atoms with E-state index in [9.17, 15) is 13.2 Å². The van der Waals surface area contributed by atoms with Crippen LogP contribution in [-0.2, 0) is 20.4 Å². The molecule has 2 aromatic rings. The van der Waals surface area contributed by atoms with Crippen LogP contribution in [0, 0.1) is 18.8 Å². The van der Waals surface area contributed by atoms with E-state index in [2.05, 4.69) is 24.1 Å². The van der Waals surface area contributed by atoms with Gasteiger partial charge in [0, 0.05) is 11.6 Å². The van der Waals surface area contributed by atoms with Gasteiger partial charge in [-0.15, -0.1) is 0 Å². The number of benzene rings is 1. The molecule has 1 amide bonds. The zero-order valence-electron chi connectivity index (χ0n) is 18.0. The summed E-state index contributed by atoms with van der Waals surface area (Å²) >= 11 is 0. The predicted octanol–water partition coefficient (Wildman–Crippen LogP) is 3.51. The van der Waals surface area contributed by atoms with Crippen LogP contribution >= 0.6 is 0 Å². The molecule has 8 heteroatoms. The third kappa shape index (κ3) is 5.41. The van der Waals surface area contributed by atoms with Crippen LogP contribution < -0.4 is 10.1 Å². The molecule has 1 N–H and O–H groups in total. The number of ether oxygens (including phenoxy) is 1. The number of hydrogen-bond donors (Lipinski definition) is 1. The van der Waals surface area contributed by atoms with Crippen LogP contribution in [0.1, 0.15) is 44.6 Å². The fourth-order valence-corrected chi connectivity index (χ4v) is 5.20. The SMILES string of the molecule is COc1cccc(-c2nc(CS(=O)(=O)CC(=O)N[C@@H]3CCC[C@H](C)[C@H]3C)c(C)o2)c1. The first-order valence-electron chi connectivity index (χ1n) is 10.3. The standard InChI is InChI=1S/C22H30N2O5S/c1-14-7-5-10-19(15(14)2)23-21(25)13-30(26,27)12-20-16(3)29-22(24-20)17-8-6-9-18(11-17)28-4/h6,8-9,11,14-15,19H,5,7,10,12-13H2,1-4H3,(H,23,25)/t14-,15+,19+/m0/s1. The largest absolute Gasteiger partial charge is 0.497 e. The number of methoxy groups -OCH3 is 1. The number of aromatic nitrogens is 1. The first-order chi connectivity index (χ1) is 14.2. The zero-order chi connectivity index (χ0) is 21.9. The highest BCUT2D eigenvalue weighted by Gasteiger charge is 2.30. The van der Waals surface area contributed by atoms with E-state index in [0.29, 0.717) is 40.5 Å². The van der Waals surface area contributed by atoms with E-state index in [1.165, 1.54) is 0 Å². The number of carbonyl (C=O) groups is 1. The predicted molar refractivity (Wildman–Crippen MR) is 115 cm³/mol. The molecule has 164 valence electrons. The van der Waals surface area contributed by atoms with Crippen LogP contribution in [0.2, 0.25) is 0 Å². The van der Waals surface area contributed by atoms with E-state index in [1.54, 1.807) is 26.2 Å². The van der Waals surface area contributed by atoms with E-state index in [4.69, 9.17) is 9.15 Å². The van der Waals surface area contributed by atoms with Gasteiger partial charge in [0.25, 0.3) is 0 Å². The van der Waals surface area contributed by atoms with E-state index in [0.717, 1.165) is 19.3 Å². The van der Waals surface area contributed by atoms with Gasteiger partial charge in [-0.25, -0.2) is 13.4 Å². The van der Waals surface area contributed by atoms with Crippen molar-refractivity contribution in [2.45, 2.75) is 51.8 Å². The number of amides is 1. The third-order valence-corrected chi connectivity index (χ3v) is 7.39. The molecule has 0 radical (unpaired) electrons. The van der Waals surface area contributed by atoms with Crippen LogP contribution in [0.25, 0.3) is 11.5 Å². The van der Waals surface area contributed by atoms with E-state index in [1.807, 2.05) is 12.1 Å². The Morgan fingerprint density at radius 1 is 1.30 bits per heavy atom. The van der Waals surface area contributed by atoms with Crippen molar-refractivity contribution in [1.82, 2.24) is 10.3 Å². The van der Waals surface area contributed by atoms with Gasteiger partial charge < -0.3 is 14.5 Å². The lowest BCUT2D eigenvalue weighted by molar-refractivity contribution is -0.120. The Labute approximate surface area is 178 Å². The summed E-state index contributed by atoms with van der Waals surface area (Å²) in [6.07, 6.45) is 3.09. The van der Waals surface area contributed by atoms with Crippen LogP contribution in [0.5, 0.6) is 5.75 Å². The Kier molecular flexibility index (Phi) is 6.85. The number of hydrogen-bond acceptors (Lipinski definition) is 6. The molecule has 1 saturated carbocycles. The lowest BCUT2D eigenvalue weighted by atomic mass is 9.78. The van der Waals surface area contributed by atoms with E-state index >= 15 is 0 Å². The molecule has 0 saturated heterocycles. The molecule has 30 heavy (non-hydrogen) atoms. The van der Waals surface area contributed by atoms with Crippen LogP contribution in [0.15, 0.2) is 28.7 Å². The smallest absolute Gasteiger partial charge is 0.235 e. The van der Waals surface area contributed by atoms with Crippen molar-refractivity contribution in [1.29, 1.82) is 0 Å². The van der Waals surface area contributed by atoms with Gasteiger partial charge in [-0.1, -0.05) is 32.8 Å². The van der Waals surface area contributed by atoms with Gasteiger partial charge in [-0.3, -0.25) is 4.79 Å². The minimum atomic E-state index is -3.68. The Bertz CT molecular complexity index is 999. The highest BCUT2D eigenvalue weighted by molar-refractivity contribution is 7.91. The number of rotatable bonds is 7. The molecule has 3 atom stereocenters. The topological polar surface area (TPSA) is 98.5 Å². The Balaban J connectivity index is 1.66. The monoisotopic (exact) mass is 434 g/mol. The number of sulfone groups is 1. The van der Waals surface area contributed by atoms with Crippen LogP contribution in [0.3, 0.4) is 0 Å². The van der Waals surface area contributed by atoms with Crippen molar-refractivity contribution < 1.29 is 22.4 Å². The highest BCUT2D eigenvalue weighted by Crippen LogP contribution is 2.29. The Hall–Kier alpha value is -2.35. The van der Waals surface area contributed by atoms with E-state index in [-0.39, 0.29) is 11.8 Å². The van der Waals surface area contributed by atoms with Gasteiger partial charge >= 0.3 is 0 Å². The number of oxazole rings is 1. The summed E-state index contributed by atoms with van der Waals surface area (Å²) in [6.45, 7) is 5.96. The second-order valence-electron chi connectivity index (χ2n) is 8.23. The Morgan fingerprint density at radius 2 is 2.07 bits per heavy atom. The second kappa shape index (κ2) is 9.20.